The standard InChI is InChI=1S/C24H26N6O3/c1-14-8-16(31)2-5-21(14)29-12-15-9-18(23(10-19(15)28-29)33-17-3-4-17)24(32)27-20-11-26-30-13-25-7-6-22(20)30/h6-7,9-14,16-17,21,31H,2-5,8H2,1H3,(H,27,32)/t14-,16-,21-/m0/s1. The molecule has 9 heteroatoms. The van der Waals surface area contributed by atoms with Gasteiger partial charge in [0.1, 0.15) is 12.1 Å². The van der Waals surface area contributed by atoms with Crippen LogP contribution in [0.15, 0.2) is 43.1 Å². The van der Waals surface area contributed by atoms with Crippen molar-refractivity contribution in [3.8, 4) is 5.75 Å². The molecule has 9 nitrogen and oxygen atoms in total. The fourth-order valence-electron chi connectivity index (χ4n) is 4.76. The monoisotopic (exact) mass is 446 g/mol. The number of fused-ring (bicyclic) bond motifs is 2. The molecule has 3 aromatic heterocycles. The van der Waals surface area contributed by atoms with E-state index in [9.17, 15) is 9.90 Å². The van der Waals surface area contributed by atoms with Gasteiger partial charge in [0, 0.05) is 23.8 Å². The number of aromatic nitrogens is 5. The smallest absolute Gasteiger partial charge is 0.259 e. The Morgan fingerprint density at radius 3 is 2.94 bits per heavy atom. The zero-order chi connectivity index (χ0) is 22.5. The van der Waals surface area contributed by atoms with Crippen molar-refractivity contribution in [2.24, 2.45) is 5.92 Å². The topological polar surface area (TPSA) is 107 Å². The third kappa shape index (κ3) is 3.82. The Kier molecular flexibility index (Phi) is 4.79. The largest absolute Gasteiger partial charge is 0.490 e. The number of hydrogen-bond acceptors (Lipinski definition) is 6. The summed E-state index contributed by atoms with van der Waals surface area (Å²) in [6.07, 6.45) is 11.2. The zero-order valence-corrected chi connectivity index (χ0v) is 18.4. The Morgan fingerprint density at radius 2 is 2.12 bits per heavy atom. The van der Waals surface area contributed by atoms with E-state index < -0.39 is 0 Å². The minimum Gasteiger partial charge on any atom is -0.490 e. The van der Waals surface area contributed by atoms with Crippen molar-refractivity contribution in [3.63, 3.8) is 0 Å². The lowest BCUT2D eigenvalue weighted by molar-refractivity contribution is 0.0750. The summed E-state index contributed by atoms with van der Waals surface area (Å²) in [5.41, 5.74) is 2.67. The van der Waals surface area contributed by atoms with E-state index in [2.05, 4.69) is 22.3 Å². The van der Waals surface area contributed by atoms with Crippen LogP contribution in [-0.4, -0.2) is 47.6 Å². The van der Waals surface area contributed by atoms with Crippen LogP contribution < -0.4 is 10.1 Å². The number of aliphatic hydroxyl groups is 1. The van der Waals surface area contributed by atoms with E-state index in [1.54, 1.807) is 29.3 Å². The van der Waals surface area contributed by atoms with Gasteiger partial charge >= 0.3 is 0 Å². The number of benzene rings is 1. The molecule has 2 fully saturated rings. The SMILES string of the molecule is C[C@H]1C[C@@H](O)CC[C@@H]1n1cc2cc(C(=O)Nc3cnn4cnccc34)c(OC3CC3)cc2n1. The van der Waals surface area contributed by atoms with Crippen LogP contribution in [0.3, 0.4) is 0 Å². The molecule has 2 aliphatic rings. The lowest BCUT2D eigenvalue weighted by Gasteiger charge is -2.31. The zero-order valence-electron chi connectivity index (χ0n) is 18.4. The van der Waals surface area contributed by atoms with Gasteiger partial charge in [0.05, 0.1) is 46.7 Å². The molecule has 0 radical (unpaired) electrons. The minimum absolute atomic E-state index is 0.152. The van der Waals surface area contributed by atoms with Crippen LogP contribution in [0.1, 0.15) is 55.4 Å². The molecule has 0 bridgehead atoms. The Bertz CT molecular complexity index is 1340. The van der Waals surface area contributed by atoms with E-state index >= 15 is 0 Å². The predicted molar refractivity (Wildman–Crippen MR) is 122 cm³/mol. The first-order valence-corrected chi connectivity index (χ1v) is 11.5. The summed E-state index contributed by atoms with van der Waals surface area (Å²) in [6.45, 7) is 2.16. The molecule has 1 aromatic carbocycles. The quantitative estimate of drug-likeness (QED) is 0.485. The fraction of sp³-hybridized carbons (Fsp3) is 0.417. The van der Waals surface area contributed by atoms with Gasteiger partial charge in [-0.1, -0.05) is 6.92 Å². The molecule has 0 aliphatic heterocycles. The summed E-state index contributed by atoms with van der Waals surface area (Å²) >= 11 is 0. The van der Waals surface area contributed by atoms with E-state index in [-0.39, 0.29) is 24.2 Å². The number of hydrogen-bond donors (Lipinski definition) is 2. The molecule has 3 atom stereocenters. The molecule has 1 amide bonds. The number of amides is 1. The molecule has 0 saturated heterocycles. The number of anilines is 1. The number of nitrogens with zero attached hydrogens (tertiary/aromatic N) is 5. The molecule has 4 aromatic rings. The van der Waals surface area contributed by atoms with E-state index in [4.69, 9.17) is 9.84 Å². The van der Waals surface area contributed by atoms with Gasteiger partial charge in [-0.25, -0.2) is 9.50 Å². The third-order valence-corrected chi connectivity index (χ3v) is 6.70. The highest BCUT2D eigenvalue weighted by Gasteiger charge is 2.30. The first-order valence-electron chi connectivity index (χ1n) is 11.5. The predicted octanol–water partition coefficient (Wildman–Crippen LogP) is 3.59. The average molecular weight is 447 g/mol. The van der Waals surface area contributed by atoms with Crippen molar-refractivity contribution in [2.45, 2.75) is 57.3 Å². The molecule has 3 heterocycles. The highest BCUT2D eigenvalue weighted by atomic mass is 16.5. The highest BCUT2D eigenvalue weighted by molar-refractivity contribution is 6.09. The Labute approximate surface area is 190 Å². The Morgan fingerprint density at radius 1 is 1.24 bits per heavy atom. The second kappa shape index (κ2) is 7.84. The summed E-state index contributed by atoms with van der Waals surface area (Å²) in [7, 11) is 0. The van der Waals surface area contributed by atoms with Crippen molar-refractivity contribution < 1.29 is 14.6 Å². The van der Waals surface area contributed by atoms with Crippen molar-refractivity contribution in [1.82, 2.24) is 24.4 Å². The molecule has 2 aliphatic carbocycles. The van der Waals surface area contributed by atoms with E-state index in [0.717, 1.165) is 48.5 Å². The van der Waals surface area contributed by atoms with Gasteiger partial charge in [-0.3, -0.25) is 9.48 Å². The van der Waals surface area contributed by atoms with Crippen molar-refractivity contribution in [3.05, 3.63) is 48.7 Å². The molecular weight excluding hydrogens is 420 g/mol. The molecule has 170 valence electrons. The van der Waals surface area contributed by atoms with Gasteiger partial charge < -0.3 is 15.2 Å². The molecule has 0 unspecified atom stereocenters. The molecule has 0 spiro atoms. The van der Waals surface area contributed by atoms with Crippen molar-refractivity contribution >= 4 is 28.0 Å². The fourth-order valence-corrected chi connectivity index (χ4v) is 4.76. The number of carbonyl (C=O) groups is 1. The maximum atomic E-state index is 13.3. The van der Waals surface area contributed by atoms with E-state index in [1.807, 2.05) is 23.0 Å². The molecular formula is C24H26N6O3. The van der Waals surface area contributed by atoms with Gasteiger partial charge in [-0.2, -0.15) is 10.2 Å². The average Bonchev–Trinajstić information content (AvgIpc) is 3.38. The Balaban J connectivity index is 1.35. The van der Waals surface area contributed by atoms with Crippen LogP contribution in [-0.2, 0) is 0 Å². The van der Waals surface area contributed by atoms with Crippen molar-refractivity contribution in [1.29, 1.82) is 0 Å². The van der Waals surface area contributed by atoms with Gasteiger partial charge in [-0.15, -0.1) is 0 Å². The lowest BCUT2D eigenvalue weighted by atomic mass is 9.84. The highest BCUT2D eigenvalue weighted by Crippen LogP contribution is 2.36. The second-order valence-corrected chi connectivity index (χ2v) is 9.27. The number of aliphatic hydroxyl groups excluding tert-OH is 1. The summed E-state index contributed by atoms with van der Waals surface area (Å²) in [4.78, 5) is 17.4. The van der Waals surface area contributed by atoms with Crippen LogP contribution in [0.2, 0.25) is 0 Å². The van der Waals surface area contributed by atoms with Crippen LogP contribution in [0.25, 0.3) is 16.4 Å². The molecule has 2 N–H and O–H groups in total. The minimum atomic E-state index is -0.249. The summed E-state index contributed by atoms with van der Waals surface area (Å²) in [6, 6.07) is 5.78. The number of carbonyl (C=O) groups excluding carboxylic acids is 1. The van der Waals surface area contributed by atoms with Gasteiger partial charge in [0.2, 0.25) is 0 Å². The number of ether oxygens (including phenoxy) is 1. The molecule has 33 heavy (non-hydrogen) atoms. The van der Waals surface area contributed by atoms with Crippen LogP contribution in [0.4, 0.5) is 5.69 Å². The number of rotatable bonds is 5. The summed E-state index contributed by atoms with van der Waals surface area (Å²) < 4.78 is 9.73. The molecule has 6 rings (SSSR count). The normalized spacial score (nSPS) is 23.2. The summed E-state index contributed by atoms with van der Waals surface area (Å²) in [5.74, 6) is 0.636. The second-order valence-electron chi connectivity index (χ2n) is 9.27. The van der Waals surface area contributed by atoms with E-state index in [0.29, 0.717) is 22.9 Å². The third-order valence-electron chi connectivity index (χ3n) is 6.70. The first-order chi connectivity index (χ1) is 16.0. The van der Waals surface area contributed by atoms with E-state index in [1.165, 1.54) is 0 Å². The van der Waals surface area contributed by atoms with Crippen LogP contribution >= 0.6 is 0 Å². The molecule has 2 saturated carbocycles. The lowest BCUT2D eigenvalue weighted by Crippen LogP contribution is -2.28. The maximum absolute atomic E-state index is 13.3. The maximum Gasteiger partial charge on any atom is 0.259 e. The summed E-state index contributed by atoms with van der Waals surface area (Å²) in [5, 5.41) is 22.9. The van der Waals surface area contributed by atoms with Crippen LogP contribution in [0.5, 0.6) is 5.75 Å². The Hall–Kier alpha value is -3.46. The van der Waals surface area contributed by atoms with Crippen molar-refractivity contribution in [2.75, 3.05) is 5.32 Å². The van der Waals surface area contributed by atoms with Gasteiger partial charge in [-0.05, 0) is 50.2 Å². The first kappa shape index (κ1) is 20.2. The number of nitrogens with one attached hydrogen (secondary N) is 1. The van der Waals surface area contributed by atoms with Gasteiger partial charge in [0.15, 0.2) is 0 Å². The van der Waals surface area contributed by atoms with Gasteiger partial charge in [0.25, 0.3) is 5.91 Å². The van der Waals surface area contributed by atoms with Crippen LogP contribution in [0, 0.1) is 5.92 Å².